The summed E-state index contributed by atoms with van der Waals surface area (Å²) < 4.78 is 0. The number of carbonyl (C=O) groups excluding carboxylic acids is 2. The number of fused-ring (bicyclic) bond motifs is 1. The number of azo groups is 1. The maximum Gasteiger partial charge on any atom is 0.262 e. The molecule has 118 valence electrons. The van der Waals surface area contributed by atoms with Crippen LogP contribution in [0, 0.1) is 0 Å². The van der Waals surface area contributed by atoms with E-state index in [1.807, 2.05) is 0 Å². The average molecular weight is 352 g/mol. The van der Waals surface area contributed by atoms with Gasteiger partial charge < -0.3 is 15.8 Å². The summed E-state index contributed by atoms with van der Waals surface area (Å²) in [6.45, 7) is 0. The summed E-state index contributed by atoms with van der Waals surface area (Å²) in [6, 6.07) is 5.00. The van der Waals surface area contributed by atoms with Gasteiger partial charge in [0.1, 0.15) is 5.25 Å². The number of primary amides is 1. The molecule has 1 atom stereocenters. The van der Waals surface area contributed by atoms with Gasteiger partial charge in [-0.05, 0) is 18.2 Å². The number of rotatable bonds is 3. The molecule has 2 amide bonds. The second-order valence-corrected chi connectivity index (χ2v) is 6.33. The van der Waals surface area contributed by atoms with Gasteiger partial charge in [-0.3, -0.25) is 9.59 Å². The second-order valence-electron chi connectivity index (χ2n) is 4.72. The summed E-state index contributed by atoms with van der Waals surface area (Å²) in [7, 11) is 0. The number of amides is 2. The van der Waals surface area contributed by atoms with Gasteiger partial charge in [-0.2, -0.15) is 4.99 Å². The predicted octanol–water partition coefficient (Wildman–Crippen LogP) is 2.48. The Labute approximate surface area is 138 Å². The molecule has 0 bridgehead atoms. The van der Waals surface area contributed by atoms with E-state index in [1.165, 1.54) is 0 Å². The van der Waals surface area contributed by atoms with E-state index in [1.54, 1.807) is 18.2 Å². The van der Waals surface area contributed by atoms with Gasteiger partial charge in [-0.1, -0.05) is 23.4 Å². The largest absolute Gasteiger partial charge is 0.493 e. The van der Waals surface area contributed by atoms with Crippen LogP contribution in [0.25, 0.3) is 10.9 Å². The van der Waals surface area contributed by atoms with E-state index in [0.717, 1.165) is 11.8 Å². The highest BCUT2D eigenvalue weighted by Crippen LogP contribution is 2.37. The zero-order chi connectivity index (χ0) is 16.6. The van der Waals surface area contributed by atoms with Gasteiger partial charge in [0.25, 0.3) is 5.91 Å². The molecule has 10 heteroatoms. The molecule has 1 aromatic heterocycles. The predicted molar refractivity (Wildman–Crippen MR) is 87.1 cm³/mol. The summed E-state index contributed by atoms with van der Waals surface area (Å²) >= 11 is 6.93. The van der Waals surface area contributed by atoms with Crippen molar-refractivity contribution in [2.24, 2.45) is 21.0 Å². The Morgan fingerprint density at radius 2 is 2.26 bits per heavy atom. The topological polar surface area (TPSA) is 133 Å². The fourth-order valence-corrected chi connectivity index (χ4v) is 3.12. The van der Waals surface area contributed by atoms with Gasteiger partial charge in [0.15, 0.2) is 5.69 Å². The summed E-state index contributed by atoms with van der Waals surface area (Å²) in [5.41, 5.74) is 5.90. The molecule has 0 saturated heterocycles. The minimum absolute atomic E-state index is 0.108. The average Bonchev–Trinajstić information content (AvgIpc) is 2.96. The zero-order valence-corrected chi connectivity index (χ0v) is 13.1. The number of aromatic nitrogens is 1. The molecule has 0 aliphatic carbocycles. The van der Waals surface area contributed by atoms with Crippen molar-refractivity contribution >= 4 is 56.9 Å². The molecule has 1 unspecified atom stereocenters. The van der Waals surface area contributed by atoms with Crippen LogP contribution in [-0.4, -0.2) is 32.3 Å². The van der Waals surface area contributed by atoms with Crippen molar-refractivity contribution in [1.29, 1.82) is 0 Å². The molecule has 2 aromatic rings. The number of hydrogen-bond acceptors (Lipinski definition) is 6. The lowest BCUT2D eigenvalue weighted by Crippen LogP contribution is -2.21. The maximum absolute atomic E-state index is 11.6. The summed E-state index contributed by atoms with van der Waals surface area (Å²) in [4.78, 5) is 28.9. The van der Waals surface area contributed by atoms with Crippen LogP contribution in [0.3, 0.4) is 0 Å². The molecule has 1 aromatic carbocycles. The van der Waals surface area contributed by atoms with E-state index in [4.69, 9.17) is 17.3 Å². The molecule has 0 spiro atoms. The minimum atomic E-state index is -0.674. The van der Waals surface area contributed by atoms with Gasteiger partial charge in [-0.15, -0.1) is 10.2 Å². The molecular formula is C13H10ClN5O3S. The Balaban J connectivity index is 1.85. The van der Waals surface area contributed by atoms with Crippen molar-refractivity contribution in [1.82, 2.24) is 4.98 Å². The highest BCUT2D eigenvalue weighted by molar-refractivity contribution is 8.15. The molecule has 3 rings (SSSR count). The number of halogens is 1. The fraction of sp³-hybridized carbons (Fsp3) is 0.154. The van der Waals surface area contributed by atoms with Crippen molar-refractivity contribution < 1.29 is 14.7 Å². The lowest BCUT2D eigenvalue weighted by molar-refractivity contribution is -0.122. The Morgan fingerprint density at radius 3 is 3.00 bits per heavy atom. The first-order valence-electron chi connectivity index (χ1n) is 6.43. The monoisotopic (exact) mass is 351 g/mol. The van der Waals surface area contributed by atoms with Crippen LogP contribution in [0.2, 0.25) is 5.02 Å². The second kappa shape index (κ2) is 6.01. The van der Waals surface area contributed by atoms with Crippen molar-refractivity contribution in [3.63, 3.8) is 0 Å². The number of carbonyl (C=O) groups is 2. The molecule has 1 aliphatic heterocycles. The quantitative estimate of drug-likeness (QED) is 0.732. The van der Waals surface area contributed by atoms with E-state index in [0.29, 0.717) is 15.9 Å². The first kappa shape index (κ1) is 15.5. The van der Waals surface area contributed by atoms with Gasteiger partial charge in [0.2, 0.25) is 17.0 Å². The van der Waals surface area contributed by atoms with Crippen LogP contribution in [0.15, 0.2) is 33.4 Å². The molecule has 23 heavy (non-hydrogen) atoms. The molecule has 2 heterocycles. The van der Waals surface area contributed by atoms with E-state index in [2.05, 4.69) is 20.2 Å². The number of aliphatic imine (C=N–C) groups is 1. The molecule has 4 N–H and O–H groups in total. The summed E-state index contributed by atoms with van der Waals surface area (Å²) in [5.74, 6) is -1.24. The highest BCUT2D eigenvalue weighted by Gasteiger charge is 2.30. The van der Waals surface area contributed by atoms with Crippen molar-refractivity contribution in [2.75, 3.05) is 0 Å². The Hall–Kier alpha value is -2.39. The summed E-state index contributed by atoms with van der Waals surface area (Å²) in [6.07, 6.45) is -0.111. The van der Waals surface area contributed by atoms with Gasteiger partial charge >= 0.3 is 0 Å². The number of nitrogens with zero attached hydrogens (tertiary/aromatic N) is 3. The Bertz CT molecular complexity index is 876. The number of aromatic amines is 1. The molecule has 0 fully saturated rings. The van der Waals surface area contributed by atoms with Crippen molar-refractivity contribution in [2.45, 2.75) is 11.7 Å². The fourth-order valence-electron chi connectivity index (χ4n) is 2.06. The van der Waals surface area contributed by atoms with Crippen LogP contribution in [0.1, 0.15) is 6.42 Å². The number of amidine groups is 1. The normalized spacial score (nSPS) is 18.0. The number of thioether (sulfide) groups is 1. The third-order valence-electron chi connectivity index (χ3n) is 3.07. The number of benzene rings is 1. The van der Waals surface area contributed by atoms with Crippen molar-refractivity contribution in [3.05, 3.63) is 23.2 Å². The Kier molecular flexibility index (Phi) is 4.05. The van der Waals surface area contributed by atoms with Crippen LogP contribution in [-0.2, 0) is 9.59 Å². The van der Waals surface area contributed by atoms with E-state index < -0.39 is 17.1 Å². The van der Waals surface area contributed by atoms with Gasteiger partial charge in [0.05, 0.1) is 5.52 Å². The van der Waals surface area contributed by atoms with Crippen LogP contribution in [0.5, 0.6) is 5.88 Å². The smallest absolute Gasteiger partial charge is 0.262 e. The van der Waals surface area contributed by atoms with Crippen molar-refractivity contribution in [3.8, 4) is 5.88 Å². The lowest BCUT2D eigenvalue weighted by Gasteiger charge is -2.00. The SMILES string of the molecule is NC(=O)CC1SC(N=Nc2c(O)[nH]c3ccc(Cl)cc23)=NC1=O. The van der Waals surface area contributed by atoms with Crippen LogP contribution >= 0.6 is 23.4 Å². The maximum atomic E-state index is 11.6. The van der Waals surface area contributed by atoms with E-state index in [9.17, 15) is 14.7 Å². The first-order valence-corrected chi connectivity index (χ1v) is 7.69. The molecule has 0 saturated carbocycles. The molecule has 0 radical (unpaired) electrons. The third-order valence-corrected chi connectivity index (χ3v) is 4.34. The third kappa shape index (κ3) is 3.20. The number of nitrogens with one attached hydrogen (secondary N) is 1. The molecule has 8 nitrogen and oxygen atoms in total. The lowest BCUT2D eigenvalue weighted by atomic mass is 10.2. The molecular weight excluding hydrogens is 342 g/mol. The van der Waals surface area contributed by atoms with Gasteiger partial charge in [-0.25, -0.2) is 0 Å². The number of H-pyrrole nitrogens is 1. The first-order chi connectivity index (χ1) is 10.9. The van der Waals surface area contributed by atoms with Crippen LogP contribution < -0.4 is 5.73 Å². The Morgan fingerprint density at radius 1 is 1.48 bits per heavy atom. The van der Waals surface area contributed by atoms with E-state index in [-0.39, 0.29) is 23.2 Å². The number of nitrogens with two attached hydrogens (primary N) is 1. The van der Waals surface area contributed by atoms with Gasteiger partial charge in [0, 0.05) is 16.8 Å². The summed E-state index contributed by atoms with van der Waals surface area (Å²) in [5, 5.41) is 18.2. The van der Waals surface area contributed by atoms with Crippen LogP contribution in [0.4, 0.5) is 5.69 Å². The molecule has 1 aliphatic rings. The van der Waals surface area contributed by atoms with E-state index >= 15 is 0 Å². The number of hydrogen-bond donors (Lipinski definition) is 3. The zero-order valence-electron chi connectivity index (χ0n) is 11.5. The minimum Gasteiger partial charge on any atom is -0.493 e. The number of aromatic hydroxyl groups is 1. The highest BCUT2D eigenvalue weighted by atomic mass is 35.5. The standard InChI is InChI=1S/C13H10ClN5O3S/c14-5-1-2-7-6(3-5)10(12(22)16-7)18-19-13-17-11(21)8(23-13)4-9(15)20/h1-3,8,16,22H,4H2,(H2,15,20).